The summed E-state index contributed by atoms with van der Waals surface area (Å²) in [6.07, 6.45) is -4.72. The zero-order valence-corrected chi connectivity index (χ0v) is 10.2. The Morgan fingerprint density at radius 2 is 1.95 bits per heavy atom. The standard InChI is InChI=1S/C11H9F3N4O2/c1-20-7-4-2-3-6(5-7)15-16-8-9(11(12,13)14)17-18-10(8)19/h2-5H,1H3,(H2,17,18,19). The third-order valence-electron chi connectivity index (χ3n) is 2.36. The summed E-state index contributed by atoms with van der Waals surface area (Å²) in [4.78, 5) is 11.3. The fraction of sp³-hybridized carbons (Fsp3) is 0.182. The Hall–Kier alpha value is -2.58. The zero-order chi connectivity index (χ0) is 14.8. The number of ether oxygens (including phenoxy) is 1. The van der Waals surface area contributed by atoms with Crippen LogP contribution >= 0.6 is 0 Å². The quantitative estimate of drug-likeness (QED) is 0.850. The molecule has 0 amide bonds. The number of alkyl halides is 3. The van der Waals surface area contributed by atoms with Gasteiger partial charge < -0.3 is 4.74 Å². The van der Waals surface area contributed by atoms with Gasteiger partial charge in [-0.2, -0.15) is 18.3 Å². The van der Waals surface area contributed by atoms with Gasteiger partial charge in [0.15, 0.2) is 11.4 Å². The van der Waals surface area contributed by atoms with Crippen LogP contribution in [0.3, 0.4) is 0 Å². The number of aromatic amines is 2. The van der Waals surface area contributed by atoms with Crippen molar-refractivity contribution in [1.82, 2.24) is 10.2 Å². The molecule has 106 valence electrons. The van der Waals surface area contributed by atoms with Crippen molar-refractivity contribution in [2.45, 2.75) is 6.18 Å². The zero-order valence-electron chi connectivity index (χ0n) is 10.2. The number of halogens is 3. The van der Waals surface area contributed by atoms with E-state index in [1.807, 2.05) is 5.10 Å². The van der Waals surface area contributed by atoms with Crippen LogP contribution in [0, 0.1) is 0 Å². The number of methoxy groups -OCH3 is 1. The van der Waals surface area contributed by atoms with Gasteiger partial charge >= 0.3 is 6.18 Å². The Labute approximate surface area is 110 Å². The van der Waals surface area contributed by atoms with Crippen molar-refractivity contribution < 1.29 is 17.9 Å². The minimum atomic E-state index is -4.72. The Bertz CT molecular complexity index is 687. The second-order valence-corrected chi connectivity index (χ2v) is 3.70. The Morgan fingerprint density at radius 1 is 1.20 bits per heavy atom. The molecule has 1 heterocycles. The highest BCUT2D eigenvalue weighted by Crippen LogP contribution is 2.33. The van der Waals surface area contributed by atoms with Crippen LogP contribution in [-0.4, -0.2) is 17.3 Å². The molecule has 0 aliphatic rings. The summed E-state index contributed by atoms with van der Waals surface area (Å²) < 4.78 is 42.7. The average Bonchev–Trinajstić information content (AvgIpc) is 2.78. The van der Waals surface area contributed by atoms with Crippen LogP contribution in [0.1, 0.15) is 5.69 Å². The lowest BCUT2D eigenvalue weighted by atomic mass is 10.3. The van der Waals surface area contributed by atoms with Crippen LogP contribution in [0.5, 0.6) is 5.75 Å². The van der Waals surface area contributed by atoms with Crippen LogP contribution in [0.25, 0.3) is 0 Å². The van der Waals surface area contributed by atoms with Crippen LogP contribution < -0.4 is 10.3 Å². The van der Waals surface area contributed by atoms with Gasteiger partial charge in [0, 0.05) is 6.07 Å². The second kappa shape index (κ2) is 5.19. The van der Waals surface area contributed by atoms with Crippen molar-refractivity contribution in [3.05, 3.63) is 40.3 Å². The maximum Gasteiger partial charge on any atom is 0.435 e. The SMILES string of the molecule is COc1cccc(N=Nc2c(C(F)(F)F)[nH][nH]c2=O)c1. The predicted octanol–water partition coefficient (Wildman–Crippen LogP) is 3.15. The molecule has 0 saturated carbocycles. The van der Waals surface area contributed by atoms with E-state index in [0.29, 0.717) is 5.75 Å². The highest BCUT2D eigenvalue weighted by atomic mass is 19.4. The molecule has 2 N–H and O–H groups in total. The Morgan fingerprint density at radius 3 is 2.60 bits per heavy atom. The Kier molecular flexibility index (Phi) is 3.59. The minimum Gasteiger partial charge on any atom is -0.497 e. The highest BCUT2D eigenvalue weighted by molar-refractivity contribution is 5.45. The van der Waals surface area contributed by atoms with Crippen LogP contribution in [-0.2, 0) is 6.18 Å². The maximum atomic E-state index is 12.6. The smallest absolute Gasteiger partial charge is 0.435 e. The molecular weight excluding hydrogens is 277 g/mol. The van der Waals surface area contributed by atoms with E-state index in [9.17, 15) is 18.0 Å². The molecule has 2 aromatic rings. The normalized spacial score (nSPS) is 12.0. The highest BCUT2D eigenvalue weighted by Gasteiger charge is 2.37. The van der Waals surface area contributed by atoms with Gasteiger partial charge in [0.1, 0.15) is 5.75 Å². The molecule has 0 saturated heterocycles. The first-order valence-corrected chi connectivity index (χ1v) is 5.35. The summed E-state index contributed by atoms with van der Waals surface area (Å²) in [6.45, 7) is 0. The third-order valence-corrected chi connectivity index (χ3v) is 2.36. The molecule has 20 heavy (non-hydrogen) atoms. The number of hydrogen-bond acceptors (Lipinski definition) is 4. The summed E-state index contributed by atoms with van der Waals surface area (Å²) in [5.41, 5.74) is -2.82. The lowest BCUT2D eigenvalue weighted by Gasteiger charge is -2.02. The number of nitrogens with zero attached hydrogens (tertiary/aromatic N) is 2. The van der Waals surface area contributed by atoms with Crippen molar-refractivity contribution >= 4 is 11.4 Å². The van der Waals surface area contributed by atoms with Gasteiger partial charge in [-0.1, -0.05) is 6.07 Å². The number of azo groups is 1. The molecule has 0 atom stereocenters. The maximum absolute atomic E-state index is 12.6. The Balaban J connectivity index is 2.36. The number of rotatable bonds is 3. The number of nitrogens with one attached hydrogen (secondary N) is 2. The van der Waals surface area contributed by atoms with Gasteiger partial charge in [-0.15, -0.1) is 5.11 Å². The van der Waals surface area contributed by atoms with Crippen LogP contribution in [0.15, 0.2) is 39.3 Å². The van der Waals surface area contributed by atoms with Gasteiger partial charge in [0.25, 0.3) is 5.56 Å². The van der Waals surface area contributed by atoms with E-state index in [2.05, 4.69) is 10.2 Å². The molecule has 0 aliphatic heterocycles. The first-order chi connectivity index (χ1) is 9.41. The molecule has 0 bridgehead atoms. The molecule has 0 fully saturated rings. The molecule has 1 aromatic carbocycles. The molecule has 2 rings (SSSR count). The van der Waals surface area contributed by atoms with Gasteiger partial charge in [-0.3, -0.25) is 15.0 Å². The molecule has 0 aliphatic carbocycles. The van der Waals surface area contributed by atoms with E-state index in [4.69, 9.17) is 4.74 Å². The predicted molar refractivity (Wildman–Crippen MR) is 63.6 cm³/mol. The molecule has 0 spiro atoms. The van der Waals surface area contributed by atoms with Gasteiger partial charge in [-0.05, 0) is 12.1 Å². The van der Waals surface area contributed by atoms with Crippen LogP contribution in [0.4, 0.5) is 24.5 Å². The fourth-order valence-corrected chi connectivity index (χ4v) is 1.43. The van der Waals surface area contributed by atoms with Crippen molar-refractivity contribution in [3.8, 4) is 5.75 Å². The van der Waals surface area contributed by atoms with Crippen molar-refractivity contribution in [2.24, 2.45) is 10.2 Å². The lowest BCUT2D eigenvalue weighted by Crippen LogP contribution is -2.06. The molecule has 0 unspecified atom stereocenters. The van der Waals surface area contributed by atoms with E-state index in [1.165, 1.54) is 19.2 Å². The summed E-state index contributed by atoms with van der Waals surface area (Å²) >= 11 is 0. The van der Waals surface area contributed by atoms with E-state index in [1.54, 1.807) is 17.2 Å². The summed E-state index contributed by atoms with van der Waals surface area (Å²) in [7, 11) is 1.44. The number of hydrogen-bond donors (Lipinski definition) is 2. The summed E-state index contributed by atoms with van der Waals surface area (Å²) in [5.74, 6) is 0.473. The van der Waals surface area contributed by atoms with E-state index < -0.39 is 23.1 Å². The van der Waals surface area contributed by atoms with Crippen LogP contribution in [0.2, 0.25) is 0 Å². The second-order valence-electron chi connectivity index (χ2n) is 3.70. The van der Waals surface area contributed by atoms with Crippen molar-refractivity contribution in [1.29, 1.82) is 0 Å². The molecule has 1 aromatic heterocycles. The first-order valence-electron chi connectivity index (χ1n) is 5.35. The lowest BCUT2D eigenvalue weighted by molar-refractivity contribution is -0.140. The van der Waals surface area contributed by atoms with Crippen molar-refractivity contribution in [2.75, 3.05) is 7.11 Å². The fourth-order valence-electron chi connectivity index (χ4n) is 1.43. The topological polar surface area (TPSA) is 82.6 Å². The minimum absolute atomic E-state index is 0.262. The first kappa shape index (κ1) is 13.8. The van der Waals surface area contributed by atoms with E-state index in [-0.39, 0.29) is 5.69 Å². The molecule has 0 radical (unpaired) electrons. The van der Waals surface area contributed by atoms with Gasteiger partial charge in [0.05, 0.1) is 12.8 Å². The number of benzene rings is 1. The number of H-pyrrole nitrogens is 2. The third kappa shape index (κ3) is 2.87. The molecule has 6 nitrogen and oxygen atoms in total. The average molecular weight is 286 g/mol. The summed E-state index contributed by atoms with van der Waals surface area (Å²) in [5, 5.41) is 10.5. The molecule has 9 heteroatoms. The van der Waals surface area contributed by atoms with Gasteiger partial charge in [-0.25, -0.2) is 0 Å². The summed E-state index contributed by atoms with van der Waals surface area (Å²) in [6, 6.07) is 6.22. The van der Waals surface area contributed by atoms with E-state index >= 15 is 0 Å². The number of aromatic nitrogens is 2. The van der Waals surface area contributed by atoms with E-state index in [0.717, 1.165) is 0 Å². The monoisotopic (exact) mass is 286 g/mol. The molecular formula is C11H9F3N4O2. The van der Waals surface area contributed by atoms with Gasteiger partial charge in [0.2, 0.25) is 0 Å². The largest absolute Gasteiger partial charge is 0.497 e. The van der Waals surface area contributed by atoms with Crippen molar-refractivity contribution in [3.63, 3.8) is 0 Å².